The van der Waals surface area contributed by atoms with Crippen LogP contribution < -0.4 is 14.2 Å². The van der Waals surface area contributed by atoms with Crippen molar-refractivity contribution < 1.29 is 27.9 Å². The molecule has 32 heavy (non-hydrogen) atoms. The summed E-state index contributed by atoms with van der Waals surface area (Å²) < 4.78 is 26.8. The van der Waals surface area contributed by atoms with E-state index >= 15 is 0 Å². The molecule has 0 spiro atoms. The van der Waals surface area contributed by atoms with Crippen LogP contribution in [0.2, 0.25) is 0 Å². The Bertz CT molecular complexity index is 1210. The largest absolute Gasteiger partial charge is 0.497 e. The number of fused-ring (bicyclic) bond motifs is 1. The maximum Gasteiger partial charge on any atom is 0.254 e. The Morgan fingerprint density at radius 1 is 1.00 bits per heavy atom. The first-order chi connectivity index (χ1) is 15.7. The second-order valence-corrected chi connectivity index (χ2v) is 7.24. The Morgan fingerprint density at radius 2 is 1.84 bits per heavy atom. The lowest BCUT2D eigenvalue weighted by molar-refractivity contribution is 0.0726. The van der Waals surface area contributed by atoms with Crippen LogP contribution in [-0.2, 0) is 13.1 Å². The summed E-state index contributed by atoms with van der Waals surface area (Å²) in [4.78, 5) is 15.1. The van der Waals surface area contributed by atoms with Crippen molar-refractivity contribution in [3.8, 4) is 28.8 Å². The van der Waals surface area contributed by atoms with E-state index in [9.17, 15) is 4.79 Å². The van der Waals surface area contributed by atoms with Gasteiger partial charge in [-0.3, -0.25) is 4.79 Å². The maximum absolute atomic E-state index is 13.4. The summed E-state index contributed by atoms with van der Waals surface area (Å²) >= 11 is 0. The van der Waals surface area contributed by atoms with Crippen LogP contribution in [0.5, 0.6) is 17.2 Å². The first kappa shape index (κ1) is 19.7. The highest BCUT2D eigenvalue weighted by Crippen LogP contribution is 2.33. The van der Waals surface area contributed by atoms with E-state index in [2.05, 4.69) is 5.16 Å². The molecule has 0 aliphatic carbocycles. The lowest BCUT2D eigenvalue weighted by Crippen LogP contribution is -2.30. The number of carbonyl (C=O) groups is 1. The lowest BCUT2D eigenvalue weighted by atomic mass is 10.1. The molecule has 0 atom stereocenters. The predicted molar refractivity (Wildman–Crippen MR) is 113 cm³/mol. The summed E-state index contributed by atoms with van der Waals surface area (Å²) in [6.45, 7) is 0.801. The van der Waals surface area contributed by atoms with Gasteiger partial charge in [-0.2, -0.15) is 0 Å². The molecule has 2 aromatic carbocycles. The first-order valence-electron chi connectivity index (χ1n) is 10.0. The third-order valence-electron chi connectivity index (χ3n) is 5.11. The van der Waals surface area contributed by atoms with Crippen LogP contribution in [0, 0.1) is 0 Å². The summed E-state index contributed by atoms with van der Waals surface area (Å²) in [5.41, 5.74) is 2.06. The molecule has 0 N–H and O–H groups in total. The van der Waals surface area contributed by atoms with E-state index < -0.39 is 0 Å². The molecule has 0 radical (unpaired) electrons. The number of nitrogens with zero attached hydrogens (tertiary/aromatic N) is 2. The van der Waals surface area contributed by atoms with Crippen LogP contribution in [0.25, 0.3) is 11.5 Å². The number of carbonyl (C=O) groups excluding carboxylic acids is 1. The fraction of sp³-hybridized carbons (Fsp3) is 0.167. The van der Waals surface area contributed by atoms with Crippen molar-refractivity contribution in [3.05, 3.63) is 83.7 Å². The van der Waals surface area contributed by atoms with Gasteiger partial charge in [-0.15, -0.1) is 0 Å². The molecule has 0 bridgehead atoms. The minimum Gasteiger partial charge on any atom is -0.497 e. The molecule has 0 unspecified atom stereocenters. The normalized spacial score (nSPS) is 12.0. The molecule has 1 aliphatic heterocycles. The van der Waals surface area contributed by atoms with Crippen LogP contribution >= 0.6 is 0 Å². The molecular weight excluding hydrogens is 412 g/mol. The van der Waals surface area contributed by atoms with Crippen LogP contribution in [-0.4, -0.2) is 29.9 Å². The summed E-state index contributed by atoms with van der Waals surface area (Å²) in [6, 6.07) is 18.0. The monoisotopic (exact) mass is 432 g/mol. The Hall–Kier alpha value is -4.20. The van der Waals surface area contributed by atoms with E-state index in [1.165, 1.54) is 0 Å². The van der Waals surface area contributed by atoms with Gasteiger partial charge < -0.3 is 28.1 Å². The molecule has 162 valence electrons. The summed E-state index contributed by atoms with van der Waals surface area (Å²) in [5, 5.41) is 4.12. The third-order valence-corrected chi connectivity index (χ3v) is 5.11. The molecule has 0 saturated heterocycles. The van der Waals surface area contributed by atoms with Crippen molar-refractivity contribution in [3.63, 3.8) is 0 Å². The Labute approximate surface area is 183 Å². The van der Waals surface area contributed by atoms with E-state index in [4.69, 9.17) is 23.2 Å². The molecule has 8 nitrogen and oxygen atoms in total. The van der Waals surface area contributed by atoms with Crippen molar-refractivity contribution in [2.75, 3.05) is 13.9 Å². The van der Waals surface area contributed by atoms with Crippen LogP contribution in [0.4, 0.5) is 0 Å². The van der Waals surface area contributed by atoms with E-state index in [1.54, 1.807) is 60.7 Å². The Balaban J connectivity index is 1.41. The van der Waals surface area contributed by atoms with Gasteiger partial charge in [0.05, 0.1) is 19.9 Å². The van der Waals surface area contributed by atoms with Gasteiger partial charge in [0.15, 0.2) is 17.3 Å². The predicted octanol–water partition coefficient (Wildman–Crippen LogP) is 4.51. The minimum absolute atomic E-state index is 0.145. The zero-order valence-corrected chi connectivity index (χ0v) is 17.3. The van der Waals surface area contributed by atoms with Crippen LogP contribution in [0.15, 0.2) is 75.9 Å². The summed E-state index contributed by atoms with van der Waals surface area (Å²) in [7, 11) is 1.59. The molecule has 5 rings (SSSR count). The molecule has 0 fully saturated rings. The van der Waals surface area contributed by atoms with Crippen LogP contribution in [0.3, 0.4) is 0 Å². The fourth-order valence-electron chi connectivity index (χ4n) is 3.49. The third kappa shape index (κ3) is 4.02. The first-order valence-corrected chi connectivity index (χ1v) is 10.0. The second-order valence-electron chi connectivity index (χ2n) is 7.24. The molecule has 1 aliphatic rings. The Kier molecular flexibility index (Phi) is 5.25. The van der Waals surface area contributed by atoms with E-state index in [-0.39, 0.29) is 19.2 Å². The number of ether oxygens (including phenoxy) is 3. The highest BCUT2D eigenvalue weighted by molar-refractivity contribution is 5.94. The second kappa shape index (κ2) is 8.50. The van der Waals surface area contributed by atoms with Gasteiger partial charge in [0.1, 0.15) is 11.4 Å². The van der Waals surface area contributed by atoms with E-state index in [0.29, 0.717) is 46.6 Å². The molecular formula is C24H20N2O6. The molecule has 8 heteroatoms. The number of aromatic nitrogens is 1. The smallest absolute Gasteiger partial charge is 0.254 e. The number of rotatable bonds is 7. The Morgan fingerprint density at radius 3 is 2.62 bits per heavy atom. The van der Waals surface area contributed by atoms with Crippen molar-refractivity contribution in [2.24, 2.45) is 0 Å². The van der Waals surface area contributed by atoms with Crippen molar-refractivity contribution in [1.82, 2.24) is 10.1 Å². The molecule has 0 saturated carbocycles. The zero-order valence-electron chi connectivity index (χ0n) is 17.3. The maximum atomic E-state index is 13.4. The topological polar surface area (TPSA) is 87.2 Å². The van der Waals surface area contributed by atoms with Gasteiger partial charge in [-0.25, -0.2) is 0 Å². The van der Waals surface area contributed by atoms with Gasteiger partial charge in [-0.1, -0.05) is 11.2 Å². The average molecular weight is 432 g/mol. The standard InChI is InChI=1S/C24H20N2O6/c1-28-19-7-5-17(6-8-19)24(27)26(13-16-4-9-21-22(11-16)31-15-30-21)14-18-12-23(32-25-18)20-3-2-10-29-20/h2-12H,13-15H2,1H3. The summed E-state index contributed by atoms with van der Waals surface area (Å²) in [5.74, 6) is 2.98. The zero-order chi connectivity index (χ0) is 21.9. The number of amides is 1. The van der Waals surface area contributed by atoms with Crippen LogP contribution in [0.1, 0.15) is 21.6 Å². The number of benzene rings is 2. The lowest BCUT2D eigenvalue weighted by Gasteiger charge is -2.22. The van der Waals surface area contributed by atoms with Gasteiger partial charge in [0.2, 0.25) is 12.6 Å². The fourth-order valence-corrected chi connectivity index (χ4v) is 3.49. The molecule has 3 heterocycles. The average Bonchev–Trinajstić information content (AvgIpc) is 3.59. The quantitative estimate of drug-likeness (QED) is 0.424. The molecule has 4 aromatic rings. The SMILES string of the molecule is COc1ccc(C(=O)N(Cc2ccc3c(c2)OCO3)Cc2cc(-c3ccco3)on2)cc1. The number of methoxy groups -OCH3 is 1. The van der Waals surface area contributed by atoms with Gasteiger partial charge in [-0.05, 0) is 54.1 Å². The van der Waals surface area contributed by atoms with Gasteiger partial charge in [0.25, 0.3) is 5.91 Å². The molecule has 2 aromatic heterocycles. The van der Waals surface area contributed by atoms with Crippen molar-refractivity contribution in [2.45, 2.75) is 13.1 Å². The number of hydrogen-bond donors (Lipinski definition) is 0. The van der Waals surface area contributed by atoms with Gasteiger partial charge in [0, 0.05) is 18.2 Å². The molecule has 1 amide bonds. The van der Waals surface area contributed by atoms with Crippen molar-refractivity contribution >= 4 is 5.91 Å². The summed E-state index contributed by atoms with van der Waals surface area (Å²) in [6.07, 6.45) is 1.57. The van der Waals surface area contributed by atoms with E-state index in [0.717, 1.165) is 5.56 Å². The van der Waals surface area contributed by atoms with E-state index in [1.807, 2.05) is 18.2 Å². The highest BCUT2D eigenvalue weighted by Gasteiger charge is 2.21. The number of hydrogen-bond acceptors (Lipinski definition) is 7. The van der Waals surface area contributed by atoms with Crippen molar-refractivity contribution in [1.29, 1.82) is 0 Å². The van der Waals surface area contributed by atoms with Gasteiger partial charge >= 0.3 is 0 Å². The number of furan rings is 1. The minimum atomic E-state index is -0.145. The highest BCUT2D eigenvalue weighted by atomic mass is 16.7.